The lowest BCUT2D eigenvalue weighted by molar-refractivity contribution is 0.201. The fourth-order valence-electron chi connectivity index (χ4n) is 3.83. The Hall–Kier alpha value is -1.26. The van der Waals surface area contributed by atoms with Crippen molar-refractivity contribution >= 4 is 11.8 Å². The van der Waals surface area contributed by atoms with Crippen molar-refractivity contribution in [2.24, 2.45) is 0 Å². The predicted molar refractivity (Wildman–Crippen MR) is 97.4 cm³/mol. The monoisotopic (exact) mass is 327 g/mol. The molecule has 0 amide bonds. The maximum atomic E-state index is 5.02. The highest BCUT2D eigenvalue weighted by Crippen LogP contribution is 2.31. The Morgan fingerprint density at radius 2 is 2.00 bits per heavy atom. The first kappa shape index (κ1) is 15.3. The second-order valence-electron chi connectivity index (χ2n) is 6.76. The Balaban J connectivity index is 1.65. The van der Waals surface area contributed by atoms with E-state index in [0.717, 1.165) is 6.54 Å². The van der Waals surface area contributed by atoms with Crippen LogP contribution in [-0.2, 0) is 19.4 Å². The van der Waals surface area contributed by atoms with Crippen LogP contribution in [0.2, 0.25) is 0 Å². The van der Waals surface area contributed by atoms with Crippen molar-refractivity contribution < 1.29 is 0 Å². The summed E-state index contributed by atoms with van der Waals surface area (Å²) in [5, 5.41) is 5.74. The lowest BCUT2D eigenvalue weighted by Crippen LogP contribution is -2.44. The lowest BCUT2D eigenvalue weighted by atomic mass is 10.1. The molecule has 1 aliphatic carbocycles. The van der Waals surface area contributed by atoms with Gasteiger partial charge in [-0.2, -0.15) is 16.9 Å². The number of nitrogens with zero attached hydrogens (tertiary/aromatic N) is 3. The van der Waals surface area contributed by atoms with Crippen LogP contribution in [-0.4, -0.2) is 38.3 Å². The quantitative estimate of drug-likeness (QED) is 0.858. The lowest BCUT2D eigenvalue weighted by Gasteiger charge is -2.37. The van der Waals surface area contributed by atoms with Crippen molar-refractivity contribution in [3.63, 3.8) is 0 Å². The molecule has 0 unspecified atom stereocenters. The Labute approximate surface area is 143 Å². The van der Waals surface area contributed by atoms with E-state index < -0.39 is 0 Å². The third-order valence-electron chi connectivity index (χ3n) is 5.38. The highest BCUT2D eigenvalue weighted by atomic mass is 32.2. The number of para-hydroxylation sites is 1. The Kier molecular flexibility index (Phi) is 4.20. The zero-order chi connectivity index (χ0) is 15.8. The van der Waals surface area contributed by atoms with E-state index in [1.807, 2.05) is 0 Å². The van der Waals surface area contributed by atoms with Crippen LogP contribution in [0.1, 0.15) is 37.2 Å². The zero-order valence-corrected chi connectivity index (χ0v) is 14.9. The largest absolute Gasteiger partial charge is 0.293 e. The fraction of sp³-hybridized carbons (Fsp3) is 0.526. The van der Waals surface area contributed by atoms with Gasteiger partial charge in [0.15, 0.2) is 0 Å². The summed E-state index contributed by atoms with van der Waals surface area (Å²) in [7, 11) is 0. The number of fused-ring (bicyclic) bond motifs is 1. The second kappa shape index (κ2) is 6.33. The molecule has 1 aliphatic heterocycles. The molecule has 23 heavy (non-hydrogen) atoms. The summed E-state index contributed by atoms with van der Waals surface area (Å²) in [6.45, 7) is 6.91. The van der Waals surface area contributed by atoms with Gasteiger partial charge in [0.05, 0.1) is 11.4 Å². The summed E-state index contributed by atoms with van der Waals surface area (Å²) in [6.07, 6.45) is 3.64. The summed E-state index contributed by atoms with van der Waals surface area (Å²) in [5.41, 5.74) is 5.48. The molecule has 2 heterocycles. The van der Waals surface area contributed by atoms with Gasteiger partial charge in [-0.05, 0) is 43.9 Å². The molecule has 1 aromatic heterocycles. The van der Waals surface area contributed by atoms with Crippen LogP contribution in [0, 0.1) is 0 Å². The average Bonchev–Trinajstić information content (AvgIpc) is 3.16. The van der Waals surface area contributed by atoms with Crippen molar-refractivity contribution in [3.05, 3.63) is 47.3 Å². The maximum absolute atomic E-state index is 5.02. The van der Waals surface area contributed by atoms with Gasteiger partial charge < -0.3 is 0 Å². The topological polar surface area (TPSA) is 21.1 Å². The van der Waals surface area contributed by atoms with Gasteiger partial charge in [0, 0.05) is 35.8 Å². The summed E-state index contributed by atoms with van der Waals surface area (Å²) in [5.74, 6) is 1.24. The molecule has 3 nitrogen and oxygen atoms in total. The Bertz CT molecular complexity index is 679. The van der Waals surface area contributed by atoms with Gasteiger partial charge in [0.25, 0.3) is 0 Å². The van der Waals surface area contributed by atoms with Crippen LogP contribution in [0.3, 0.4) is 0 Å². The van der Waals surface area contributed by atoms with E-state index in [1.165, 1.54) is 54.2 Å². The standard InChI is InChI=1S/C19H25N3S/c1-14-15(2)23-12-11-21(14)13-18-17-9-6-10-19(17)22(20-18)16-7-4-3-5-8-16/h3-5,7-8,14-15H,6,9-13H2,1-2H3/t14-,15-/m0/s1. The highest BCUT2D eigenvalue weighted by Gasteiger charge is 2.29. The summed E-state index contributed by atoms with van der Waals surface area (Å²) >= 11 is 2.10. The molecule has 0 radical (unpaired) electrons. The Morgan fingerprint density at radius 3 is 2.83 bits per heavy atom. The second-order valence-corrected chi connectivity index (χ2v) is 8.24. The molecule has 1 saturated heterocycles. The van der Waals surface area contributed by atoms with Gasteiger partial charge in [-0.25, -0.2) is 4.68 Å². The first-order valence-electron chi connectivity index (χ1n) is 8.75. The van der Waals surface area contributed by atoms with Gasteiger partial charge >= 0.3 is 0 Å². The van der Waals surface area contributed by atoms with E-state index in [-0.39, 0.29) is 0 Å². The molecule has 1 aromatic carbocycles. The zero-order valence-electron chi connectivity index (χ0n) is 14.0. The van der Waals surface area contributed by atoms with Crippen molar-refractivity contribution in [2.45, 2.75) is 50.9 Å². The minimum absolute atomic E-state index is 0.632. The van der Waals surface area contributed by atoms with Crippen LogP contribution in [0.5, 0.6) is 0 Å². The van der Waals surface area contributed by atoms with Crippen LogP contribution in [0.15, 0.2) is 30.3 Å². The number of thioether (sulfide) groups is 1. The number of hydrogen-bond acceptors (Lipinski definition) is 3. The molecule has 0 N–H and O–H groups in total. The molecule has 0 saturated carbocycles. The van der Waals surface area contributed by atoms with E-state index in [4.69, 9.17) is 5.10 Å². The van der Waals surface area contributed by atoms with E-state index >= 15 is 0 Å². The summed E-state index contributed by atoms with van der Waals surface area (Å²) in [4.78, 5) is 2.62. The number of rotatable bonds is 3. The van der Waals surface area contributed by atoms with Gasteiger partial charge in [-0.1, -0.05) is 25.1 Å². The first-order valence-corrected chi connectivity index (χ1v) is 9.79. The van der Waals surface area contributed by atoms with E-state index in [1.54, 1.807) is 0 Å². The molecular formula is C19H25N3S. The third kappa shape index (κ3) is 2.83. The van der Waals surface area contributed by atoms with Crippen LogP contribution < -0.4 is 0 Å². The fourth-order valence-corrected chi connectivity index (χ4v) is 5.00. The maximum Gasteiger partial charge on any atom is 0.0804 e. The Morgan fingerprint density at radius 1 is 1.17 bits per heavy atom. The van der Waals surface area contributed by atoms with Gasteiger partial charge in [-0.3, -0.25) is 4.90 Å². The normalized spacial score (nSPS) is 24.8. The predicted octanol–water partition coefficient (Wildman–Crippen LogP) is 3.69. The molecule has 2 aliphatic rings. The SMILES string of the molecule is C[C@@H]1SCCN(Cc2nn(-c3ccccc3)c3c2CCC3)[C@H]1C. The minimum atomic E-state index is 0.632. The highest BCUT2D eigenvalue weighted by molar-refractivity contribution is 8.00. The molecule has 0 spiro atoms. The van der Waals surface area contributed by atoms with E-state index in [2.05, 4.69) is 65.5 Å². The van der Waals surface area contributed by atoms with Crippen molar-refractivity contribution in [2.75, 3.05) is 12.3 Å². The van der Waals surface area contributed by atoms with Crippen LogP contribution in [0.25, 0.3) is 5.69 Å². The van der Waals surface area contributed by atoms with Crippen molar-refractivity contribution in [1.29, 1.82) is 0 Å². The molecule has 4 rings (SSSR count). The minimum Gasteiger partial charge on any atom is -0.293 e. The summed E-state index contributed by atoms with van der Waals surface area (Å²) in [6, 6.07) is 11.2. The molecule has 2 atom stereocenters. The molecule has 2 aromatic rings. The van der Waals surface area contributed by atoms with Crippen molar-refractivity contribution in [1.82, 2.24) is 14.7 Å². The van der Waals surface area contributed by atoms with Gasteiger partial charge in [0.2, 0.25) is 0 Å². The molecule has 122 valence electrons. The van der Waals surface area contributed by atoms with Gasteiger partial charge in [0.1, 0.15) is 0 Å². The molecule has 0 bridgehead atoms. The molecule has 1 fully saturated rings. The van der Waals surface area contributed by atoms with Crippen molar-refractivity contribution in [3.8, 4) is 5.69 Å². The van der Waals surface area contributed by atoms with Gasteiger partial charge in [-0.15, -0.1) is 0 Å². The smallest absolute Gasteiger partial charge is 0.0804 e. The third-order valence-corrected chi connectivity index (χ3v) is 6.72. The van der Waals surface area contributed by atoms with Crippen LogP contribution >= 0.6 is 11.8 Å². The van der Waals surface area contributed by atoms with E-state index in [0.29, 0.717) is 11.3 Å². The molecular weight excluding hydrogens is 302 g/mol. The summed E-state index contributed by atoms with van der Waals surface area (Å²) < 4.78 is 2.20. The van der Waals surface area contributed by atoms with E-state index in [9.17, 15) is 0 Å². The number of benzene rings is 1. The average molecular weight is 327 g/mol. The first-order chi connectivity index (χ1) is 11.2. The molecule has 4 heteroatoms. The van der Waals surface area contributed by atoms with Crippen LogP contribution in [0.4, 0.5) is 0 Å². The number of hydrogen-bond donors (Lipinski definition) is 0. The number of aromatic nitrogens is 2.